The van der Waals surface area contributed by atoms with Crippen molar-refractivity contribution in [1.82, 2.24) is 4.98 Å². The number of Topliss-reactive ketones (excluding diaryl/α,β-unsaturated/α-hetero) is 1. The molecule has 0 unspecified atom stereocenters. The van der Waals surface area contributed by atoms with E-state index in [0.29, 0.717) is 12.2 Å². The fourth-order valence-corrected chi connectivity index (χ4v) is 4.76. The van der Waals surface area contributed by atoms with E-state index in [9.17, 15) is 4.79 Å². The lowest BCUT2D eigenvalue weighted by molar-refractivity contribution is -0.114. The molecule has 0 atom stereocenters. The molecule has 1 aromatic heterocycles. The van der Waals surface area contributed by atoms with E-state index in [1.807, 2.05) is 13.1 Å². The summed E-state index contributed by atoms with van der Waals surface area (Å²) in [6, 6.07) is 23.8. The molecule has 0 radical (unpaired) electrons. The summed E-state index contributed by atoms with van der Waals surface area (Å²) < 4.78 is 0. The SMILES string of the molecule is CC(=O)CSC1=NN=C(c2cc(-c3cnc(C)c(C)c3)cc(-c3ccc4ccccc4c3)c2)C1. The van der Waals surface area contributed by atoms with E-state index in [-0.39, 0.29) is 5.78 Å². The quantitative estimate of drug-likeness (QED) is 0.320. The first-order chi connectivity index (χ1) is 16.5. The molecule has 4 aromatic rings. The molecule has 0 saturated carbocycles. The van der Waals surface area contributed by atoms with Gasteiger partial charge in [0, 0.05) is 23.9 Å². The second-order valence-corrected chi connectivity index (χ2v) is 9.74. The van der Waals surface area contributed by atoms with Crippen molar-refractivity contribution in [2.45, 2.75) is 27.2 Å². The molecule has 34 heavy (non-hydrogen) atoms. The lowest BCUT2D eigenvalue weighted by atomic mass is 9.93. The highest BCUT2D eigenvalue weighted by Crippen LogP contribution is 2.32. The normalized spacial score (nSPS) is 13.1. The summed E-state index contributed by atoms with van der Waals surface area (Å²) >= 11 is 1.47. The van der Waals surface area contributed by atoms with Crippen molar-refractivity contribution in [1.29, 1.82) is 0 Å². The maximum absolute atomic E-state index is 11.4. The predicted octanol–water partition coefficient (Wildman–Crippen LogP) is 7.01. The average Bonchev–Trinajstić information content (AvgIpc) is 3.33. The molecule has 0 saturated heterocycles. The summed E-state index contributed by atoms with van der Waals surface area (Å²) in [5, 5.41) is 12.1. The van der Waals surface area contributed by atoms with Crippen LogP contribution in [0.5, 0.6) is 0 Å². The minimum Gasteiger partial charge on any atom is -0.299 e. The van der Waals surface area contributed by atoms with E-state index >= 15 is 0 Å². The van der Waals surface area contributed by atoms with Gasteiger partial charge in [0.25, 0.3) is 0 Å². The highest BCUT2D eigenvalue weighted by molar-refractivity contribution is 8.14. The van der Waals surface area contributed by atoms with E-state index in [0.717, 1.165) is 44.3 Å². The summed E-state index contributed by atoms with van der Waals surface area (Å²) in [4.78, 5) is 16.0. The first-order valence-electron chi connectivity index (χ1n) is 11.3. The van der Waals surface area contributed by atoms with Gasteiger partial charge in [0.15, 0.2) is 0 Å². The van der Waals surface area contributed by atoms with Gasteiger partial charge in [0.05, 0.1) is 11.5 Å². The second kappa shape index (κ2) is 9.35. The Morgan fingerprint density at radius 1 is 0.824 bits per heavy atom. The molecule has 3 aromatic carbocycles. The number of hydrogen-bond acceptors (Lipinski definition) is 5. The highest BCUT2D eigenvalue weighted by atomic mass is 32.2. The number of rotatable bonds is 5. The van der Waals surface area contributed by atoms with Gasteiger partial charge in [-0.25, -0.2) is 0 Å². The standard InChI is InChI=1S/C29H25N3OS/c1-18-10-27(16-30-20(18)3)25-12-24(23-9-8-21-6-4-5-7-22(21)11-23)13-26(14-25)28-15-29(32-31-28)34-17-19(2)33/h4-14,16H,15,17H2,1-3H3. The molecule has 0 amide bonds. The number of carbonyl (C=O) groups excluding carboxylic acids is 1. The van der Waals surface area contributed by atoms with Crippen LogP contribution in [0, 0.1) is 13.8 Å². The van der Waals surface area contributed by atoms with Crippen molar-refractivity contribution < 1.29 is 4.79 Å². The van der Waals surface area contributed by atoms with Crippen LogP contribution in [0.2, 0.25) is 0 Å². The van der Waals surface area contributed by atoms with Crippen molar-refractivity contribution in [3.63, 3.8) is 0 Å². The Balaban J connectivity index is 1.57. The fourth-order valence-electron chi connectivity index (χ4n) is 4.05. The maximum atomic E-state index is 11.4. The summed E-state index contributed by atoms with van der Waals surface area (Å²) in [6.45, 7) is 5.72. The molecule has 4 nitrogen and oxygen atoms in total. The summed E-state index contributed by atoms with van der Waals surface area (Å²) in [5.41, 5.74) is 8.64. The molecule has 168 valence electrons. The smallest absolute Gasteiger partial charge is 0.140 e. The minimum absolute atomic E-state index is 0.143. The van der Waals surface area contributed by atoms with Crippen LogP contribution in [0.15, 0.2) is 83.1 Å². The van der Waals surface area contributed by atoms with Crippen molar-refractivity contribution in [3.8, 4) is 22.3 Å². The van der Waals surface area contributed by atoms with Gasteiger partial charge in [-0.05, 0) is 89.7 Å². The predicted molar refractivity (Wildman–Crippen MR) is 144 cm³/mol. The van der Waals surface area contributed by atoms with Crippen molar-refractivity contribution in [2.24, 2.45) is 10.2 Å². The minimum atomic E-state index is 0.143. The number of hydrogen-bond donors (Lipinski definition) is 0. The van der Waals surface area contributed by atoms with Crippen molar-refractivity contribution in [3.05, 3.63) is 89.7 Å². The topological polar surface area (TPSA) is 54.7 Å². The molecule has 2 heterocycles. The van der Waals surface area contributed by atoms with E-state index in [2.05, 4.69) is 88.8 Å². The molecule has 1 aliphatic heterocycles. The molecule has 0 fully saturated rings. The van der Waals surface area contributed by atoms with Gasteiger partial charge < -0.3 is 0 Å². The largest absolute Gasteiger partial charge is 0.299 e. The lowest BCUT2D eigenvalue weighted by Crippen LogP contribution is -2.05. The molecule has 0 N–H and O–H groups in total. The van der Waals surface area contributed by atoms with E-state index in [1.165, 1.54) is 28.1 Å². The van der Waals surface area contributed by atoms with Gasteiger partial charge >= 0.3 is 0 Å². The first kappa shape index (κ1) is 22.2. The van der Waals surface area contributed by atoms with Gasteiger partial charge in [0.1, 0.15) is 10.8 Å². The number of carbonyl (C=O) groups is 1. The van der Waals surface area contributed by atoms with Crippen molar-refractivity contribution in [2.75, 3.05) is 5.75 Å². The van der Waals surface area contributed by atoms with E-state index in [4.69, 9.17) is 0 Å². The van der Waals surface area contributed by atoms with Gasteiger partial charge in [-0.15, -0.1) is 16.9 Å². The third-order valence-electron chi connectivity index (χ3n) is 6.07. The molecule has 5 heteroatoms. The zero-order valence-electron chi connectivity index (χ0n) is 19.5. The second-order valence-electron chi connectivity index (χ2n) is 8.70. The van der Waals surface area contributed by atoms with Crippen LogP contribution in [0.25, 0.3) is 33.0 Å². The Bertz CT molecular complexity index is 1490. The lowest BCUT2D eigenvalue weighted by Gasteiger charge is -2.12. The average molecular weight is 464 g/mol. The number of aromatic nitrogens is 1. The highest BCUT2D eigenvalue weighted by Gasteiger charge is 2.18. The molecular weight excluding hydrogens is 438 g/mol. The Labute approximate surface area is 203 Å². The van der Waals surface area contributed by atoms with Crippen LogP contribution in [0.1, 0.15) is 30.2 Å². The number of benzene rings is 3. The number of nitrogens with zero attached hydrogens (tertiary/aromatic N) is 3. The Kier molecular flexibility index (Phi) is 6.12. The van der Waals surface area contributed by atoms with Gasteiger partial charge in [-0.1, -0.05) is 36.4 Å². The van der Waals surface area contributed by atoms with Crippen LogP contribution in [-0.4, -0.2) is 27.3 Å². The van der Waals surface area contributed by atoms with Crippen LogP contribution >= 0.6 is 11.8 Å². The fraction of sp³-hybridized carbons (Fsp3) is 0.172. The zero-order valence-corrected chi connectivity index (χ0v) is 20.3. The molecule has 1 aliphatic rings. The van der Waals surface area contributed by atoms with Crippen LogP contribution in [-0.2, 0) is 4.79 Å². The molecule has 5 rings (SSSR count). The number of thioether (sulfide) groups is 1. The van der Waals surface area contributed by atoms with E-state index in [1.54, 1.807) is 6.92 Å². The number of aryl methyl sites for hydroxylation is 2. The first-order valence-corrected chi connectivity index (χ1v) is 12.3. The number of fused-ring (bicyclic) bond motifs is 1. The number of pyridine rings is 1. The van der Waals surface area contributed by atoms with Gasteiger partial charge in [-0.2, -0.15) is 5.10 Å². The third-order valence-corrected chi connectivity index (χ3v) is 7.18. The molecule has 0 bridgehead atoms. The van der Waals surface area contributed by atoms with Gasteiger partial charge in [-0.3, -0.25) is 9.78 Å². The molecule has 0 aliphatic carbocycles. The molecule has 0 spiro atoms. The Morgan fingerprint density at radius 3 is 2.32 bits per heavy atom. The van der Waals surface area contributed by atoms with Crippen molar-refractivity contribution >= 4 is 39.1 Å². The Hall–Kier alpha value is -3.57. The van der Waals surface area contributed by atoms with Gasteiger partial charge in [0.2, 0.25) is 0 Å². The Morgan fingerprint density at radius 2 is 1.56 bits per heavy atom. The summed E-state index contributed by atoms with van der Waals surface area (Å²) in [7, 11) is 0. The van der Waals surface area contributed by atoms with Crippen LogP contribution in [0.3, 0.4) is 0 Å². The van der Waals surface area contributed by atoms with Crippen LogP contribution in [0.4, 0.5) is 0 Å². The van der Waals surface area contributed by atoms with Crippen LogP contribution < -0.4 is 0 Å². The monoisotopic (exact) mass is 463 g/mol. The summed E-state index contributed by atoms with van der Waals surface area (Å²) in [6.07, 6.45) is 2.58. The number of ketones is 1. The third kappa shape index (κ3) is 4.70. The maximum Gasteiger partial charge on any atom is 0.140 e. The summed E-state index contributed by atoms with van der Waals surface area (Å²) in [5.74, 6) is 0.571. The van der Waals surface area contributed by atoms with E-state index < -0.39 is 0 Å². The molecular formula is C29H25N3OS. The zero-order chi connectivity index (χ0) is 23.7.